The van der Waals surface area contributed by atoms with E-state index in [1.54, 1.807) is 7.11 Å². The Morgan fingerprint density at radius 1 is 1.37 bits per heavy atom. The molecule has 1 rings (SSSR count). The Hall–Kier alpha value is -1.55. The first kappa shape index (κ1) is 15.5. The number of amides is 1. The number of methoxy groups -OCH3 is 1. The van der Waals surface area contributed by atoms with Gasteiger partial charge in [0.15, 0.2) is 0 Å². The van der Waals surface area contributed by atoms with Gasteiger partial charge in [-0.05, 0) is 37.6 Å². The summed E-state index contributed by atoms with van der Waals surface area (Å²) >= 11 is 0. The van der Waals surface area contributed by atoms with Crippen LogP contribution in [0.25, 0.3) is 0 Å². The predicted molar refractivity (Wildman–Crippen MR) is 78.7 cm³/mol. The molecule has 0 radical (unpaired) electrons. The van der Waals surface area contributed by atoms with E-state index in [0.29, 0.717) is 18.2 Å². The van der Waals surface area contributed by atoms with Crippen LogP contribution in [0.2, 0.25) is 0 Å². The first-order valence-electron chi connectivity index (χ1n) is 6.71. The highest BCUT2D eigenvalue weighted by molar-refractivity contribution is 5.92. The molecular weight excluding hydrogens is 240 g/mol. The standard InChI is InChI=1S/C15H24N2O2/c1-11(2)16-9-5-6-15(18)17-13-8-7-12(3)10-14(13)19-4/h7-8,10-11,16H,5-6,9H2,1-4H3,(H,17,18). The summed E-state index contributed by atoms with van der Waals surface area (Å²) < 4.78 is 5.26. The maximum atomic E-state index is 11.8. The third-order valence-corrected chi connectivity index (χ3v) is 2.76. The molecule has 4 heteroatoms. The fourth-order valence-corrected chi connectivity index (χ4v) is 1.75. The molecule has 1 aromatic carbocycles. The Balaban J connectivity index is 2.44. The van der Waals surface area contributed by atoms with Crippen LogP contribution in [-0.4, -0.2) is 25.6 Å². The predicted octanol–water partition coefficient (Wildman–Crippen LogP) is 2.72. The van der Waals surface area contributed by atoms with Gasteiger partial charge in [0, 0.05) is 12.5 Å². The minimum absolute atomic E-state index is 0.0210. The molecule has 0 aliphatic carbocycles. The van der Waals surface area contributed by atoms with Crippen LogP contribution in [0.15, 0.2) is 18.2 Å². The molecule has 0 fully saturated rings. The molecule has 2 N–H and O–H groups in total. The zero-order valence-corrected chi connectivity index (χ0v) is 12.2. The molecular formula is C15H24N2O2. The molecule has 0 bridgehead atoms. The summed E-state index contributed by atoms with van der Waals surface area (Å²) in [6, 6.07) is 6.20. The maximum Gasteiger partial charge on any atom is 0.224 e. The first-order valence-corrected chi connectivity index (χ1v) is 6.71. The summed E-state index contributed by atoms with van der Waals surface area (Å²) in [6.45, 7) is 7.04. The van der Waals surface area contributed by atoms with Gasteiger partial charge in [0.1, 0.15) is 5.75 Å². The molecule has 1 aromatic rings. The number of hydrogen-bond donors (Lipinski definition) is 2. The topological polar surface area (TPSA) is 50.4 Å². The number of nitrogens with one attached hydrogen (secondary N) is 2. The molecule has 1 amide bonds. The molecule has 106 valence electrons. The van der Waals surface area contributed by atoms with Crippen molar-refractivity contribution in [3.63, 3.8) is 0 Å². The number of ether oxygens (including phenoxy) is 1. The lowest BCUT2D eigenvalue weighted by Crippen LogP contribution is -2.24. The molecule has 0 aromatic heterocycles. The van der Waals surface area contributed by atoms with E-state index in [-0.39, 0.29) is 5.91 Å². The average Bonchev–Trinajstić information content (AvgIpc) is 2.36. The summed E-state index contributed by atoms with van der Waals surface area (Å²) in [5, 5.41) is 6.18. The van der Waals surface area contributed by atoms with Crippen LogP contribution in [0.3, 0.4) is 0 Å². The first-order chi connectivity index (χ1) is 9.02. The Labute approximate surface area is 115 Å². The van der Waals surface area contributed by atoms with E-state index in [1.807, 2.05) is 25.1 Å². The average molecular weight is 264 g/mol. The number of aryl methyl sites for hydroxylation is 1. The molecule has 0 spiro atoms. The van der Waals surface area contributed by atoms with Gasteiger partial charge in [-0.15, -0.1) is 0 Å². The van der Waals surface area contributed by atoms with Crippen molar-refractivity contribution in [2.24, 2.45) is 0 Å². The van der Waals surface area contributed by atoms with E-state index in [1.165, 1.54) is 0 Å². The molecule has 0 unspecified atom stereocenters. The Bertz CT molecular complexity index is 417. The largest absolute Gasteiger partial charge is 0.495 e. The van der Waals surface area contributed by atoms with E-state index >= 15 is 0 Å². The van der Waals surface area contributed by atoms with Gasteiger partial charge in [-0.3, -0.25) is 4.79 Å². The maximum absolute atomic E-state index is 11.8. The minimum Gasteiger partial charge on any atom is -0.495 e. The normalized spacial score (nSPS) is 10.6. The third kappa shape index (κ3) is 5.75. The van der Waals surface area contributed by atoms with Crippen LogP contribution in [-0.2, 0) is 4.79 Å². The van der Waals surface area contributed by atoms with Gasteiger partial charge in [0.25, 0.3) is 0 Å². The number of benzene rings is 1. The molecule has 4 nitrogen and oxygen atoms in total. The van der Waals surface area contributed by atoms with Crippen LogP contribution in [0.5, 0.6) is 5.75 Å². The van der Waals surface area contributed by atoms with Gasteiger partial charge in [-0.1, -0.05) is 19.9 Å². The lowest BCUT2D eigenvalue weighted by atomic mass is 10.2. The van der Waals surface area contributed by atoms with Crippen LogP contribution >= 0.6 is 0 Å². The van der Waals surface area contributed by atoms with E-state index in [9.17, 15) is 4.79 Å². The molecule has 0 aliphatic rings. The number of anilines is 1. The van der Waals surface area contributed by atoms with Gasteiger partial charge in [-0.25, -0.2) is 0 Å². The van der Waals surface area contributed by atoms with Crippen LogP contribution in [0.1, 0.15) is 32.3 Å². The monoisotopic (exact) mass is 264 g/mol. The Morgan fingerprint density at radius 2 is 2.11 bits per heavy atom. The van der Waals surface area contributed by atoms with Crippen molar-refractivity contribution in [2.75, 3.05) is 19.0 Å². The van der Waals surface area contributed by atoms with Gasteiger partial charge in [-0.2, -0.15) is 0 Å². The highest BCUT2D eigenvalue weighted by Gasteiger charge is 2.07. The number of hydrogen-bond acceptors (Lipinski definition) is 3. The molecule has 0 saturated carbocycles. The minimum atomic E-state index is 0.0210. The van der Waals surface area contributed by atoms with Gasteiger partial charge < -0.3 is 15.4 Å². The molecule has 0 atom stereocenters. The van der Waals surface area contributed by atoms with Gasteiger partial charge in [0.05, 0.1) is 12.8 Å². The SMILES string of the molecule is COc1cc(C)ccc1NC(=O)CCCNC(C)C. The van der Waals surface area contributed by atoms with Gasteiger partial charge in [0.2, 0.25) is 5.91 Å². The number of carbonyl (C=O) groups is 1. The van der Waals surface area contributed by atoms with Gasteiger partial charge >= 0.3 is 0 Å². The van der Waals surface area contributed by atoms with Crippen molar-refractivity contribution in [2.45, 2.75) is 39.7 Å². The van der Waals surface area contributed by atoms with Crippen LogP contribution < -0.4 is 15.4 Å². The molecule has 0 saturated heterocycles. The van der Waals surface area contributed by atoms with Crippen molar-refractivity contribution in [1.82, 2.24) is 5.32 Å². The van der Waals surface area contributed by atoms with Crippen molar-refractivity contribution in [1.29, 1.82) is 0 Å². The van der Waals surface area contributed by atoms with E-state index < -0.39 is 0 Å². The summed E-state index contributed by atoms with van der Waals surface area (Å²) in [7, 11) is 1.61. The van der Waals surface area contributed by atoms with Crippen LogP contribution in [0, 0.1) is 6.92 Å². The molecule has 0 heterocycles. The summed E-state index contributed by atoms with van der Waals surface area (Å²) in [5.41, 5.74) is 1.84. The zero-order valence-electron chi connectivity index (χ0n) is 12.2. The zero-order chi connectivity index (χ0) is 14.3. The van der Waals surface area contributed by atoms with Crippen LogP contribution in [0.4, 0.5) is 5.69 Å². The third-order valence-electron chi connectivity index (χ3n) is 2.76. The second-order valence-corrected chi connectivity index (χ2v) is 4.96. The lowest BCUT2D eigenvalue weighted by molar-refractivity contribution is -0.116. The second kappa shape index (κ2) is 7.79. The number of rotatable bonds is 7. The van der Waals surface area contributed by atoms with Crippen molar-refractivity contribution < 1.29 is 9.53 Å². The summed E-state index contributed by atoms with van der Waals surface area (Å²) in [4.78, 5) is 11.8. The Kier molecular flexibility index (Phi) is 6.36. The van der Waals surface area contributed by atoms with Crippen molar-refractivity contribution >= 4 is 11.6 Å². The summed E-state index contributed by atoms with van der Waals surface area (Å²) in [5.74, 6) is 0.723. The second-order valence-electron chi connectivity index (χ2n) is 4.96. The fourth-order valence-electron chi connectivity index (χ4n) is 1.75. The number of carbonyl (C=O) groups excluding carboxylic acids is 1. The quantitative estimate of drug-likeness (QED) is 0.744. The lowest BCUT2D eigenvalue weighted by Gasteiger charge is -2.11. The smallest absolute Gasteiger partial charge is 0.224 e. The molecule has 0 aliphatic heterocycles. The Morgan fingerprint density at radius 3 is 2.74 bits per heavy atom. The van der Waals surface area contributed by atoms with E-state index in [4.69, 9.17) is 4.74 Å². The van der Waals surface area contributed by atoms with Crippen molar-refractivity contribution in [3.05, 3.63) is 23.8 Å². The fraction of sp³-hybridized carbons (Fsp3) is 0.533. The highest BCUT2D eigenvalue weighted by atomic mass is 16.5. The molecule has 19 heavy (non-hydrogen) atoms. The van der Waals surface area contributed by atoms with Crippen molar-refractivity contribution in [3.8, 4) is 5.75 Å². The van der Waals surface area contributed by atoms with E-state index in [2.05, 4.69) is 24.5 Å². The van der Waals surface area contributed by atoms with E-state index in [0.717, 1.165) is 24.2 Å². The summed E-state index contributed by atoms with van der Waals surface area (Å²) in [6.07, 6.45) is 1.34. The highest BCUT2D eigenvalue weighted by Crippen LogP contribution is 2.25.